The second-order valence-electron chi connectivity index (χ2n) is 5.90. The van der Waals surface area contributed by atoms with Crippen LogP contribution in [0.4, 0.5) is 4.79 Å². The highest BCUT2D eigenvalue weighted by atomic mass is 16.5. The molecule has 0 saturated carbocycles. The molecule has 130 valence electrons. The molecule has 2 rings (SSSR count). The summed E-state index contributed by atoms with van der Waals surface area (Å²) in [5.41, 5.74) is 2.23. The number of amides is 2. The molecule has 0 fully saturated rings. The highest BCUT2D eigenvalue weighted by Crippen LogP contribution is 2.17. The maximum absolute atomic E-state index is 12.0. The molecule has 0 saturated heterocycles. The Balaban J connectivity index is 1.87. The Morgan fingerprint density at radius 3 is 2.75 bits per heavy atom. The Labute approximate surface area is 142 Å². The van der Waals surface area contributed by atoms with Crippen LogP contribution < -0.4 is 10.6 Å². The number of methoxy groups -OCH3 is 1. The van der Waals surface area contributed by atoms with Gasteiger partial charge in [0.05, 0.1) is 7.11 Å². The molecule has 2 amide bonds. The highest BCUT2D eigenvalue weighted by molar-refractivity contribution is 5.84. The largest absolute Gasteiger partial charge is 0.467 e. The molecule has 1 heterocycles. The van der Waals surface area contributed by atoms with Crippen LogP contribution in [0.25, 0.3) is 10.9 Å². The summed E-state index contributed by atoms with van der Waals surface area (Å²) in [6, 6.07) is 7.06. The number of para-hydroxylation sites is 1. The quantitative estimate of drug-likeness (QED) is 0.682. The number of H-pyrrole nitrogens is 1. The lowest BCUT2D eigenvalue weighted by Gasteiger charge is -2.22. The Kier molecular flexibility index (Phi) is 6.23. The van der Waals surface area contributed by atoms with Crippen molar-refractivity contribution in [2.24, 2.45) is 5.92 Å². The molecule has 0 aliphatic carbocycles. The zero-order valence-electron chi connectivity index (χ0n) is 14.4. The van der Waals surface area contributed by atoms with Crippen LogP contribution in [-0.2, 0) is 16.0 Å². The van der Waals surface area contributed by atoms with Gasteiger partial charge in [0, 0.05) is 23.6 Å². The molecule has 0 spiro atoms. The number of benzene rings is 1. The second-order valence-corrected chi connectivity index (χ2v) is 5.90. The molecule has 2 aromatic rings. The van der Waals surface area contributed by atoms with E-state index in [-0.39, 0.29) is 11.9 Å². The van der Waals surface area contributed by atoms with Crippen molar-refractivity contribution >= 4 is 22.9 Å². The third kappa shape index (κ3) is 4.28. The molecule has 6 heteroatoms. The van der Waals surface area contributed by atoms with Gasteiger partial charge in [-0.15, -0.1) is 0 Å². The lowest BCUT2D eigenvalue weighted by atomic mass is 9.99. The van der Waals surface area contributed by atoms with Crippen LogP contribution in [0.5, 0.6) is 0 Å². The molecule has 1 aromatic carbocycles. The summed E-state index contributed by atoms with van der Waals surface area (Å²) in [5.74, 6) is -0.409. The predicted molar refractivity (Wildman–Crippen MR) is 93.8 cm³/mol. The van der Waals surface area contributed by atoms with E-state index in [1.54, 1.807) is 0 Å². The fourth-order valence-electron chi connectivity index (χ4n) is 2.64. The van der Waals surface area contributed by atoms with Gasteiger partial charge in [0.25, 0.3) is 0 Å². The predicted octanol–water partition coefficient (Wildman–Crippen LogP) is 2.60. The lowest BCUT2D eigenvalue weighted by molar-refractivity contribution is -0.144. The van der Waals surface area contributed by atoms with Crippen molar-refractivity contribution < 1.29 is 14.3 Å². The molecular weight excluding hydrogens is 306 g/mol. The topological polar surface area (TPSA) is 83.2 Å². The van der Waals surface area contributed by atoms with Crippen molar-refractivity contribution in [2.45, 2.75) is 32.7 Å². The van der Waals surface area contributed by atoms with Crippen molar-refractivity contribution in [3.63, 3.8) is 0 Å². The van der Waals surface area contributed by atoms with Crippen molar-refractivity contribution in [1.82, 2.24) is 15.6 Å². The molecule has 24 heavy (non-hydrogen) atoms. The van der Waals surface area contributed by atoms with Crippen molar-refractivity contribution in [3.8, 4) is 0 Å². The fourth-order valence-corrected chi connectivity index (χ4v) is 2.64. The summed E-state index contributed by atoms with van der Waals surface area (Å²) in [5, 5.41) is 6.66. The molecule has 6 nitrogen and oxygen atoms in total. The summed E-state index contributed by atoms with van der Waals surface area (Å²) in [4.78, 5) is 27.0. The summed E-state index contributed by atoms with van der Waals surface area (Å²) in [7, 11) is 1.33. The molecule has 3 N–H and O–H groups in total. The molecule has 0 aliphatic heterocycles. The fraction of sp³-hybridized carbons (Fsp3) is 0.444. The molecular formula is C18H25N3O3. The summed E-state index contributed by atoms with van der Waals surface area (Å²) >= 11 is 0. The van der Waals surface area contributed by atoms with Gasteiger partial charge < -0.3 is 20.4 Å². The van der Waals surface area contributed by atoms with E-state index in [1.807, 2.05) is 38.2 Å². The molecule has 2 atom stereocenters. The summed E-state index contributed by atoms with van der Waals surface area (Å²) in [6.07, 6.45) is 3.44. The second kappa shape index (κ2) is 8.38. The standard InChI is InChI=1S/C18H25N3O3/c1-4-12(2)16(17(22)24-3)21-18(23)19-10-9-13-11-20-15-8-6-5-7-14(13)15/h5-8,11-12,16,20H,4,9-10H2,1-3H3,(H2,19,21,23)/t12?,16-/m0/s1. The number of nitrogens with one attached hydrogen (secondary N) is 3. The average molecular weight is 331 g/mol. The number of aromatic amines is 1. The first-order valence-electron chi connectivity index (χ1n) is 8.24. The van der Waals surface area contributed by atoms with Gasteiger partial charge >= 0.3 is 12.0 Å². The van der Waals surface area contributed by atoms with E-state index in [4.69, 9.17) is 4.74 Å². The van der Waals surface area contributed by atoms with Gasteiger partial charge in [-0.3, -0.25) is 0 Å². The van der Waals surface area contributed by atoms with Crippen molar-refractivity contribution in [2.75, 3.05) is 13.7 Å². The van der Waals surface area contributed by atoms with Gasteiger partial charge in [-0.1, -0.05) is 38.5 Å². The minimum atomic E-state index is -0.631. The number of rotatable bonds is 7. The van der Waals surface area contributed by atoms with Gasteiger partial charge in [0.2, 0.25) is 0 Å². The van der Waals surface area contributed by atoms with E-state index in [0.717, 1.165) is 22.9 Å². The summed E-state index contributed by atoms with van der Waals surface area (Å²) in [6.45, 7) is 4.37. The number of carbonyl (C=O) groups is 2. The van der Waals surface area contributed by atoms with Crippen LogP contribution in [0.2, 0.25) is 0 Å². The first kappa shape index (κ1) is 17.8. The number of hydrogen-bond acceptors (Lipinski definition) is 3. The third-order valence-electron chi connectivity index (χ3n) is 4.31. The van der Waals surface area contributed by atoms with E-state index in [1.165, 1.54) is 7.11 Å². The third-order valence-corrected chi connectivity index (χ3v) is 4.31. The maximum atomic E-state index is 12.0. The Bertz CT molecular complexity index is 696. The minimum Gasteiger partial charge on any atom is -0.467 e. The van der Waals surface area contributed by atoms with Crippen molar-refractivity contribution in [3.05, 3.63) is 36.0 Å². The molecule has 0 radical (unpaired) electrons. The monoisotopic (exact) mass is 331 g/mol. The lowest BCUT2D eigenvalue weighted by Crippen LogP contribution is -2.49. The van der Waals surface area contributed by atoms with Crippen LogP contribution in [0.3, 0.4) is 0 Å². The number of aromatic nitrogens is 1. The highest BCUT2D eigenvalue weighted by Gasteiger charge is 2.26. The molecule has 1 aromatic heterocycles. The van der Waals surface area contributed by atoms with Gasteiger partial charge in [-0.25, -0.2) is 9.59 Å². The number of hydrogen-bond donors (Lipinski definition) is 3. The Morgan fingerprint density at radius 1 is 1.29 bits per heavy atom. The SMILES string of the molecule is CCC(C)[C@H](NC(=O)NCCc1c[nH]c2ccccc12)C(=O)OC. The molecule has 0 bridgehead atoms. The number of ether oxygens (including phenoxy) is 1. The van der Waals surface area contributed by atoms with Crippen LogP contribution in [0, 0.1) is 5.92 Å². The number of carbonyl (C=O) groups excluding carboxylic acids is 2. The number of esters is 1. The van der Waals surface area contributed by atoms with Gasteiger partial charge in [0.15, 0.2) is 0 Å². The zero-order chi connectivity index (χ0) is 17.5. The normalized spacial score (nSPS) is 13.3. The van der Waals surface area contributed by atoms with Crippen LogP contribution in [0.1, 0.15) is 25.8 Å². The summed E-state index contributed by atoms with van der Waals surface area (Å²) < 4.78 is 4.76. The van der Waals surface area contributed by atoms with E-state index in [0.29, 0.717) is 13.0 Å². The Morgan fingerprint density at radius 2 is 2.04 bits per heavy atom. The molecule has 1 unspecified atom stereocenters. The van der Waals surface area contributed by atoms with E-state index >= 15 is 0 Å². The first-order chi connectivity index (χ1) is 11.6. The first-order valence-corrected chi connectivity index (χ1v) is 8.24. The van der Waals surface area contributed by atoms with Crippen molar-refractivity contribution in [1.29, 1.82) is 0 Å². The van der Waals surface area contributed by atoms with Crippen LogP contribution in [-0.4, -0.2) is 36.7 Å². The van der Waals surface area contributed by atoms with Gasteiger partial charge in [-0.2, -0.15) is 0 Å². The smallest absolute Gasteiger partial charge is 0.328 e. The van der Waals surface area contributed by atoms with E-state index in [9.17, 15) is 9.59 Å². The van der Waals surface area contributed by atoms with Crippen LogP contribution in [0.15, 0.2) is 30.5 Å². The number of urea groups is 1. The maximum Gasteiger partial charge on any atom is 0.328 e. The van der Waals surface area contributed by atoms with Crippen LogP contribution >= 0.6 is 0 Å². The average Bonchev–Trinajstić information content (AvgIpc) is 3.01. The van der Waals surface area contributed by atoms with E-state index < -0.39 is 12.0 Å². The van der Waals surface area contributed by atoms with Gasteiger partial charge in [0.1, 0.15) is 6.04 Å². The molecule has 0 aliphatic rings. The number of fused-ring (bicyclic) bond motifs is 1. The van der Waals surface area contributed by atoms with Gasteiger partial charge in [-0.05, 0) is 24.0 Å². The Hall–Kier alpha value is -2.50. The minimum absolute atomic E-state index is 0.0109. The van der Waals surface area contributed by atoms with E-state index in [2.05, 4.69) is 21.7 Å². The zero-order valence-corrected chi connectivity index (χ0v) is 14.4.